The lowest BCUT2D eigenvalue weighted by atomic mass is 9.86. The minimum atomic E-state index is -2.98. The Balaban J connectivity index is 1.76. The predicted octanol–water partition coefficient (Wildman–Crippen LogP) is 3.54. The Bertz CT molecular complexity index is 762. The maximum Gasteiger partial charge on any atom is 0.197 e. The van der Waals surface area contributed by atoms with Gasteiger partial charge in [0.1, 0.15) is 24.0 Å². The Kier molecular flexibility index (Phi) is 9.69. The number of aliphatic hydroxyl groups is 2. The first kappa shape index (κ1) is 24.7. The summed E-state index contributed by atoms with van der Waals surface area (Å²) in [6.07, 6.45) is 5.37. The standard InChI is InChI=1S/C22H32FO6P/c1-30(27,28)12-5-3-2-4-9-19-20(22(26)14-21(19)25)11-10-17(24)15-29-18-8-6-7-16(23)13-18/h2,4,6-8,13,17,19-20,22,24,26H,3,5,9-12,14-15H2,1H3,(H,27,28)/b4-2-/t17-,19-,20-,22-/m1/s1. The highest BCUT2D eigenvalue weighted by molar-refractivity contribution is 7.57. The van der Waals surface area contributed by atoms with Crippen LogP contribution >= 0.6 is 7.37 Å². The Morgan fingerprint density at radius 2 is 2.13 bits per heavy atom. The van der Waals surface area contributed by atoms with Crippen LogP contribution in [0.15, 0.2) is 36.4 Å². The lowest BCUT2D eigenvalue weighted by Gasteiger charge is -2.21. The fraction of sp³-hybridized carbons (Fsp3) is 0.591. The number of allylic oxidation sites excluding steroid dienone is 2. The largest absolute Gasteiger partial charge is 0.491 e. The smallest absolute Gasteiger partial charge is 0.197 e. The van der Waals surface area contributed by atoms with E-state index in [0.717, 1.165) is 0 Å². The summed E-state index contributed by atoms with van der Waals surface area (Å²) in [5.41, 5.74) is 0. The highest BCUT2D eigenvalue weighted by atomic mass is 31.2. The van der Waals surface area contributed by atoms with Crippen LogP contribution in [0.3, 0.4) is 0 Å². The molecular formula is C22H32FO6P. The number of carbonyl (C=O) groups excluding carboxylic acids is 1. The van der Waals surface area contributed by atoms with Gasteiger partial charge in [-0.15, -0.1) is 0 Å². The average molecular weight is 442 g/mol. The molecule has 0 radical (unpaired) electrons. The van der Waals surface area contributed by atoms with Gasteiger partial charge in [0.25, 0.3) is 0 Å². The van der Waals surface area contributed by atoms with Gasteiger partial charge < -0.3 is 19.8 Å². The molecule has 1 aliphatic carbocycles. The zero-order valence-corrected chi connectivity index (χ0v) is 18.2. The highest BCUT2D eigenvalue weighted by Crippen LogP contribution is 2.37. The molecule has 0 spiro atoms. The molecule has 6 nitrogen and oxygen atoms in total. The minimum Gasteiger partial charge on any atom is -0.491 e. The molecular weight excluding hydrogens is 410 g/mol. The summed E-state index contributed by atoms with van der Waals surface area (Å²) in [7, 11) is -2.98. The van der Waals surface area contributed by atoms with Gasteiger partial charge in [0.2, 0.25) is 0 Å². The number of Topliss-reactive ketones (excluding diaryl/α,β-unsaturated/α-hetero) is 1. The molecule has 0 heterocycles. The SMILES string of the molecule is CP(=O)(O)CCC/C=C\C[C@H]1C(=O)C[C@@H](O)[C@@H]1CC[C@@H](O)COc1cccc(F)c1. The Hall–Kier alpha value is -1.53. The molecule has 1 unspecified atom stereocenters. The van der Waals surface area contributed by atoms with E-state index in [2.05, 4.69) is 0 Å². The van der Waals surface area contributed by atoms with Gasteiger partial charge in [-0.1, -0.05) is 18.2 Å². The number of carbonyl (C=O) groups is 1. The van der Waals surface area contributed by atoms with Crippen molar-refractivity contribution < 1.29 is 33.6 Å². The number of ether oxygens (including phenoxy) is 1. The van der Waals surface area contributed by atoms with Crippen LogP contribution in [0.25, 0.3) is 0 Å². The first-order chi connectivity index (χ1) is 14.2. The van der Waals surface area contributed by atoms with Gasteiger partial charge in [-0.3, -0.25) is 9.36 Å². The van der Waals surface area contributed by atoms with Crippen LogP contribution < -0.4 is 4.74 Å². The molecule has 1 aromatic carbocycles. The van der Waals surface area contributed by atoms with Crippen molar-refractivity contribution >= 4 is 13.2 Å². The lowest BCUT2D eigenvalue weighted by molar-refractivity contribution is -0.121. The van der Waals surface area contributed by atoms with E-state index in [0.29, 0.717) is 37.9 Å². The number of unbranched alkanes of at least 4 members (excludes halogenated alkanes) is 1. The molecule has 8 heteroatoms. The molecule has 1 aromatic rings. The predicted molar refractivity (Wildman–Crippen MR) is 113 cm³/mol. The van der Waals surface area contributed by atoms with Crippen molar-refractivity contribution in [2.24, 2.45) is 11.8 Å². The molecule has 1 aliphatic rings. The van der Waals surface area contributed by atoms with Crippen molar-refractivity contribution in [3.8, 4) is 5.75 Å². The van der Waals surface area contributed by atoms with Gasteiger partial charge in [-0.2, -0.15) is 0 Å². The molecule has 2 rings (SSSR count). The molecule has 0 amide bonds. The van der Waals surface area contributed by atoms with Gasteiger partial charge in [0.05, 0.1) is 12.2 Å². The fourth-order valence-corrected chi connectivity index (χ4v) is 4.57. The van der Waals surface area contributed by atoms with Gasteiger partial charge in [-0.25, -0.2) is 4.39 Å². The Morgan fingerprint density at radius 3 is 2.83 bits per heavy atom. The third kappa shape index (κ3) is 8.68. The molecule has 0 aromatic heterocycles. The van der Waals surface area contributed by atoms with E-state index in [9.17, 15) is 28.9 Å². The Morgan fingerprint density at radius 1 is 1.37 bits per heavy atom. The number of halogens is 1. The van der Waals surface area contributed by atoms with E-state index in [-0.39, 0.29) is 36.8 Å². The van der Waals surface area contributed by atoms with Crippen LogP contribution in [0.5, 0.6) is 5.75 Å². The molecule has 0 saturated heterocycles. The molecule has 168 valence electrons. The van der Waals surface area contributed by atoms with Crippen molar-refractivity contribution in [3.05, 3.63) is 42.2 Å². The van der Waals surface area contributed by atoms with E-state index >= 15 is 0 Å². The molecule has 0 bridgehead atoms. The average Bonchev–Trinajstić information content (AvgIpc) is 2.93. The minimum absolute atomic E-state index is 0.0108. The lowest BCUT2D eigenvalue weighted by Crippen LogP contribution is -2.24. The third-order valence-electron chi connectivity index (χ3n) is 5.41. The molecule has 5 atom stereocenters. The summed E-state index contributed by atoms with van der Waals surface area (Å²) < 4.78 is 29.8. The van der Waals surface area contributed by atoms with E-state index < -0.39 is 25.4 Å². The summed E-state index contributed by atoms with van der Waals surface area (Å²) >= 11 is 0. The van der Waals surface area contributed by atoms with Crippen LogP contribution in [0.2, 0.25) is 0 Å². The Labute approximate surface area is 177 Å². The van der Waals surface area contributed by atoms with Crippen LogP contribution in [0.1, 0.15) is 38.5 Å². The van der Waals surface area contributed by atoms with Crippen LogP contribution in [0.4, 0.5) is 4.39 Å². The van der Waals surface area contributed by atoms with Gasteiger partial charge in [0.15, 0.2) is 7.37 Å². The topological polar surface area (TPSA) is 104 Å². The summed E-state index contributed by atoms with van der Waals surface area (Å²) in [6, 6.07) is 5.69. The fourth-order valence-electron chi connectivity index (χ4n) is 3.80. The first-order valence-electron chi connectivity index (χ1n) is 10.4. The van der Waals surface area contributed by atoms with Crippen molar-refractivity contribution in [3.63, 3.8) is 0 Å². The maximum absolute atomic E-state index is 13.2. The normalized spacial score (nSPS) is 24.8. The molecule has 30 heavy (non-hydrogen) atoms. The van der Waals surface area contributed by atoms with E-state index in [1.54, 1.807) is 6.07 Å². The van der Waals surface area contributed by atoms with Crippen LogP contribution in [-0.2, 0) is 9.36 Å². The monoisotopic (exact) mass is 442 g/mol. The zero-order valence-electron chi connectivity index (χ0n) is 17.3. The highest BCUT2D eigenvalue weighted by Gasteiger charge is 2.40. The van der Waals surface area contributed by atoms with Crippen LogP contribution in [0, 0.1) is 17.7 Å². The summed E-state index contributed by atoms with van der Waals surface area (Å²) in [6.45, 7) is 1.36. The molecule has 1 saturated carbocycles. The summed E-state index contributed by atoms with van der Waals surface area (Å²) in [5, 5.41) is 20.4. The number of ketones is 1. The first-order valence-corrected chi connectivity index (χ1v) is 12.7. The number of rotatable bonds is 12. The van der Waals surface area contributed by atoms with Crippen LogP contribution in [-0.4, -0.2) is 52.5 Å². The van der Waals surface area contributed by atoms with Crippen molar-refractivity contribution in [2.75, 3.05) is 19.4 Å². The van der Waals surface area contributed by atoms with Crippen molar-refractivity contribution in [1.29, 1.82) is 0 Å². The van der Waals surface area contributed by atoms with Gasteiger partial charge >= 0.3 is 0 Å². The number of hydrogen-bond acceptors (Lipinski definition) is 5. The second kappa shape index (κ2) is 11.8. The number of hydrogen-bond donors (Lipinski definition) is 3. The summed E-state index contributed by atoms with van der Waals surface area (Å²) in [4.78, 5) is 21.5. The van der Waals surface area contributed by atoms with E-state index in [1.807, 2.05) is 12.2 Å². The van der Waals surface area contributed by atoms with Gasteiger partial charge in [-0.05, 0) is 50.2 Å². The van der Waals surface area contributed by atoms with Gasteiger partial charge in [0, 0.05) is 31.2 Å². The van der Waals surface area contributed by atoms with E-state index in [1.165, 1.54) is 24.9 Å². The van der Waals surface area contributed by atoms with Crippen molar-refractivity contribution in [2.45, 2.75) is 50.7 Å². The second-order valence-corrected chi connectivity index (χ2v) is 10.7. The number of aliphatic hydroxyl groups excluding tert-OH is 2. The van der Waals surface area contributed by atoms with E-state index in [4.69, 9.17) is 4.74 Å². The molecule has 1 fully saturated rings. The summed E-state index contributed by atoms with van der Waals surface area (Å²) in [5.74, 6) is -0.558. The van der Waals surface area contributed by atoms with Crippen molar-refractivity contribution in [1.82, 2.24) is 0 Å². The molecule has 0 aliphatic heterocycles. The molecule has 3 N–H and O–H groups in total. The quantitative estimate of drug-likeness (QED) is 0.260. The zero-order chi connectivity index (χ0) is 22.1. The third-order valence-corrected chi connectivity index (χ3v) is 6.55. The second-order valence-electron chi connectivity index (χ2n) is 8.13. The number of benzene rings is 1. The maximum atomic E-state index is 13.2.